The van der Waals surface area contributed by atoms with Crippen LogP contribution in [-0.4, -0.2) is 43.4 Å². The molecule has 0 unspecified atom stereocenters. The molecular weight excluding hydrogens is 376 g/mol. The predicted molar refractivity (Wildman–Crippen MR) is 81.8 cm³/mol. The first-order valence-corrected chi connectivity index (χ1v) is 8.73. The van der Waals surface area contributed by atoms with Crippen LogP contribution >= 0.6 is 15.9 Å². The largest absolute Gasteiger partial charge is 0.481 e. The summed E-state index contributed by atoms with van der Waals surface area (Å²) < 4.78 is 23.2. The van der Waals surface area contributed by atoms with Gasteiger partial charge in [-0.2, -0.15) is 0 Å². The quantitative estimate of drug-likeness (QED) is 0.798. The summed E-state index contributed by atoms with van der Waals surface area (Å²) in [6.07, 6.45) is 0.348. The predicted octanol–water partition coefficient (Wildman–Crippen LogP) is 1.03. The third kappa shape index (κ3) is 3.16. The van der Waals surface area contributed by atoms with Gasteiger partial charge in [-0.15, -0.1) is 0 Å². The van der Waals surface area contributed by atoms with Crippen molar-refractivity contribution in [2.45, 2.75) is 18.2 Å². The Morgan fingerprint density at radius 3 is 2.55 bits per heavy atom. The summed E-state index contributed by atoms with van der Waals surface area (Å²) in [6.45, 7) is 1.96. The van der Waals surface area contributed by atoms with E-state index in [4.69, 9.17) is 5.14 Å². The smallest absolute Gasteiger partial charge is 0.311 e. The summed E-state index contributed by atoms with van der Waals surface area (Å²) in [5, 5.41) is 14.3. The molecule has 1 aromatic carbocycles. The zero-order chi connectivity index (χ0) is 16.7. The standard InChI is InChI=1S/C13H15BrN2O5S/c1-13(12(18)19)4-5-16(7-13)11(17)9-6-8(22(15,20)21)2-3-10(9)14/h2-3,6H,4-5,7H2,1H3,(H,18,19)(H2,15,20,21)/t13-/m1/s1. The van der Waals surface area contributed by atoms with Gasteiger partial charge in [-0.1, -0.05) is 0 Å². The zero-order valence-corrected chi connectivity index (χ0v) is 14.1. The van der Waals surface area contributed by atoms with Crippen LogP contribution in [0.2, 0.25) is 0 Å². The molecule has 1 heterocycles. The van der Waals surface area contributed by atoms with E-state index in [-0.39, 0.29) is 17.0 Å². The molecule has 0 aromatic heterocycles. The maximum atomic E-state index is 12.5. The highest BCUT2D eigenvalue weighted by Crippen LogP contribution is 2.32. The number of halogens is 1. The van der Waals surface area contributed by atoms with Crippen LogP contribution in [0.5, 0.6) is 0 Å². The first kappa shape index (κ1) is 16.9. The summed E-state index contributed by atoms with van der Waals surface area (Å²) in [5.41, 5.74) is -0.846. The monoisotopic (exact) mass is 390 g/mol. The minimum Gasteiger partial charge on any atom is -0.481 e. The van der Waals surface area contributed by atoms with E-state index in [1.54, 1.807) is 6.92 Å². The van der Waals surface area contributed by atoms with Crippen LogP contribution < -0.4 is 5.14 Å². The number of sulfonamides is 1. The number of carbonyl (C=O) groups is 2. The van der Waals surface area contributed by atoms with Crippen molar-refractivity contribution in [3.8, 4) is 0 Å². The number of nitrogens with two attached hydrogens (primary N) is 1. The molecule has 7 nitrogen and oxygen atoms in total. The molecule has 1 aliphatic rings. The van der Waals surface area contributed by atoms with Gasteiger partial charge in [0.25, 0.3) is 5.91 Å². The van der Waals surface area contributed by atoms with Crippen molar-refractivity contribution in [3.05, 3.63) is 28.2 Å². The number of aliphatic carboxylic acids is 1. The molecule has 0 spiro atoms. The van der Waals surface area contributed by atoms with E-state index >= 15 is 0 Å². The van der Waals surface area contributed by atoms with Crippen LogP contribution in [0, 0.1) is 5.41 Å². The second-order valence-electron chi connectivity index (χ2n) is 5.53. The maximum Gasteiger partial charge on any atom is 0.311 e. The molecule has 3 N–H and O–H groups in total. The number of likely N-dealkylation sites (tertiary alicyclic amines) is 1. The van der Waals surface area contributed by atoms with E-state index in [1.807, 2.05) is 0 Å². The molecule has 1 atom stereocenters. The zero-order valence-electron chi connectivity index (χ0n) is 11.7. The van der Waals surface area contributed by atoms with Crippen LogP contribution in [-0.2, 0) is 14.8 Å². The highest BCUT2D eigenvalue weighted by molar-refractivity contribution is 9.10. The topological polar surface area (TPSA) is 118 Å². The number of hydrogen-bond donors (Lipinski definition) is 2. The van der Waals surface area contributed by atoms with E-state index < -0.39 is 27.3 Å². The van der Waals surface area contributed by atoms with Gasteiger partial charge in [-0.25, -0.2) is 13.6 Å². The number of carboxylic acids is 1. The average molecular weight is 391 g/mol. The number of hydrogen-bond acceptors (Lipinski definition) is 4. The van der Waals surface area contributed by atoms with E-state index in [0.717, 1.165) is 0 Å². The van der Waals surface area contributed by atoms with Gasteiger partial charge in [0.05, 0.1) is 15.9 Å². The van der Waals surface area contributed by atoms with Crippen molar-refractivity contribution < 1.29 is 23.1 Å². The molecule has 0 bridgehead atoms. The maximum absolute atomic E-state index is 12.5. The van der Waals surface area contributed by atoms with Crippen LogP contribution in [0.4, 0.5) is 0 Å². The summed E-state index contributed by atoms with van der Waals surface area (Å²) in [4.78, 5) is 25.0. The Morgan fingerprint density at radius 2 is 2.05 bits per heavy atom. The van der Waals surface area contributed by atoms with Gasteiger partial charge in [0.2, 0.25) is 10.0 Å². The fourth-order valence-electron chi connectivity index (χ4n) is 2.32. The molecule has 22 heavy (non-hydrogen) atoms. The normalized spacial score (nSPS) is 21.9. The third-order valence-corrected chi connectivity index (χ3v) is 5.38. The van der Waals surface area contributed by atoms with E-state index in [0.29, 0.717) is 17.4 Å². The molecule has 0 saturated carbocycles. The third-order valence-electron chi connectivity index (χ3n) is 3.77. The summed E-state index contributed by atoms with van der Waals surface area (Å²) >= 11 is 3.20. The Hall–Kier alpha value is -1.45. The van der Waals surface area contributed by atoms with Crippen LogP contribution in [0.1, 0.15) is 23.7 Å². The Morgan fingerprint density at radius 1 is 1.41 bits per heavy atom. The van der Waals surface area contributed by atoms with Crippen molar-refractivity contribution in [1.82, 2.24) is 4.90 Å². The Labute approximate surface area is 136 Å². The lowest BCUT2D eigenvalue weighted by atomic mass is 9.90. The minimum atomic E-state index is -3.92. The first-order valence-electron chi connectivity index (χ1n) is 6.40. The lowest BCUT2D eigenvalue weighted by molar-refractivity contribution is -0.147. The van der Waals surface area contributed by atoms with Crippen LogP contribution in [0.3, 0.4) is 0 Å². The van der Waals surface area contributed by atoms with Crippen molar-refractivity contribution >= 4 is 37.8 Å². The average Bonchev–Trinajstić information content (AvgIpc) is 2.81. The molecular formula is C13H15BrN2O5S. The Balaban J connectivity index is 2.33. The SMILES string of the molecule is C[C@@]1(C(=O)O)CCN(C(=O)c2cc(S(N)(=O)=O)ccc2Br)C1. The lowest BCUT2D eigenvalue weighted by Gasteiger charge is -2.20. The molecule has 1 aromatic rings. The van der Waals surface area contributed by atoms with Crippen molar-refractivity contribution in [3.63, 3.8) is 0 Å². The molecule has 120 valence electrons. The number of carbonyl (C=O) groups excluding carboxylic acids is 1. The van der Waals surface area contributed by atoms with Gasteiger partial charge in [0, 0.05) is 17.6 Å². The fourth-order valence-corrected chi connectivity index (χ4v) is 3.28. The summed E-state index contributed by atoms with van der Waals surface area (Å²) in [6, 6.07) is 3.92. The minimum absolute atomic E-state index is 0.0766. The number of carboxylic acid groups (broad SMARTS) is 1. The molecule has 1 amide bonds. The molecule has 0 aliphatic carbocycles. The highest BCUT2D eigenvalue weighted by atomic mass is 79.9. The van der Waals surface area contributed by atoms with Gasteiger partial charge in [-0.3, -0.25) is 9.59 Å². The second kappa shape index (κ2) is 5.64. The molecule has 1 fully saturated rings. The number of primary sulfonamides is 1. The lowest BCUT2D eigenvalue weighted by Crippen LogP contribution is -2.35. The number of amides is 1. The number of rotatable bonds is 3. The first-order chi connectivity index (χ1) is 10.0. The van der Waals surface area contributed by atoms with Gasteiger partial charge >= 0.3 is 5.97 Å². The van der Waals surface area contributed by atoms with Gasteiger partial charge in [0.1, 0.15) is 0 Å². The number of nitrogens with zero attached hydrogens (tertiary/aromatic N) is 1. The summed E-state index contributed by atoms with van der Waals surface area (Å²) in [5.74, 6) is -1.39. The van der Waals surface area contributed by atoms with E-state index in [9.17, 15) is 23.1 Å². The molecule has 1 saturated heterocycles. The van der Waals surface area contributed by atoms with Crippen molar-refractivity contribution in [1.29, 1.82) is 0 Å². The molecule has 9 heteroatoms. The van der Waals surface area contributed by atoms with Crippen molar-refractivity contribution in [2.75, 3.05) is 13.1 Å². The van der Waals surface area contributed by atoms with Gasteiger partial charge in [0.15, 0.2) is 0 Å². The van der Waals surface area contributed by atoms with Crippen LogP contribution in [0.25, 0.3) is 0 Å². The van der Waals surface area contributed by atoms with Crippen LogP contribution in [0.15, 0.2) is 27.6 Å². The summed E-state index contributed by atoms with van der Waals surface area (Å²) in [7, 11) is -3.92. The van der Waals surface area contributed by atoms with Crippen molar-refractivity contribution in [2.24, 2.45) is 10.6 Å². The molecule has 0 radical (unpaired) electrons. The highest BCUT2D eigenvalue weighted by Gasteiger charge is 2.42. The second-order valence-corrected chi connectivity index (χ2v) is 7.94. The Bertz CT molecular complexity index is 749. The molecule has 1 aliphatic heterocycles. The fraction of sp³-hybridized carbons (Fsp3) is 0.385. The van der Waals surface area contributed by atoms with E-state index in [1.165, 1.54) is 23.1 Å². The van der Waals surface area contributed by atoms with Gasteiger partial charge in [-0.05, 0) is 47.5 Å². The van der Waals surface area contributed by atoms with Gasteiger partial charge < -0.3 is 10.0 Å². The Kier molecular flexibility index (Phi) is 4.33. The number of benzene rings is 1. The van der Waals surface area contributed by atoms with E-state index in [2.05, 4.69) is 15.9 Å². The molecule has 2 rings (SSSR count).